The van der Waals surface area contributed by atoms with E-state index in [1.54, 1.807) is 0 Å². The van der Waals surface area contributed by atoms with Gasteiger partial charge in [0.1, 0.15) is 0 Å². The molecule has 2 heterocycles. The first-order chi connectivity index (χ1) is 10.2. The molecule has 22 heavy (non-hydrogen) atoms. The summed E-state index contributed by atoms with van der Waals surface area (Å²) in [5.74, 6) is 2.07. The van der Waals surface area contributed by atoms with Crippen molar-refractivity contribution in [2.24, 2.45) is 11.7 Å². The van der Waals surface area contributed by atoms with Crippen molar-refractivity contribution in [3.05, 3.63) is 22.7 Å². The van der Waals surface area contributed by atoms with Gasteiger partial charge in [0.15, 0.2) is 11.5 Å². The zero-order valence-electron chi connectivity index (χ0n) is 12.9. The van der Waals surface area contributed by atoms with Crippen molar-refractivity contribution in [1.82, 2.24) is 4.90 Å². The third-order valence-electron chi connectivity index (χ3n) is 4.37. The second-order valence-electron chi connectivity index (χ2n) is 6.07. The maximum Gasteiger partial charge on any atom is 0.179 e. The van der Waals surface area contributed by atoms with E-state index in [-0.39, 0.29) is 12.4 Å². The van der Waals surface area contributed by atoms with Gasteiger partial charge in [0.05, 0.1) is 18.2 Å². The van der Waals surface area contributed by atoms with Crippen LogP contribution >= 0.6 is 24.0 Å². The minimum Gasteiger partial charge on any atom is -0.489 e. The van der Waals surface area contributed by atoms with Crippen LogP contribution in [0, 0.1) is 5.92 Å². The van der Waals surface area contributed by atoms with Gasteiger partial charge in [-0.1, -0.05) is 11.6 Å². The Bertz CT molecular complexity index is 513. The van der Waals surface area contributed by atoms with Crippen LogP contribution in [0.5, 0.6) is 11.5 Å². The highest BCUT2D eigenvalue weighted by Crippen LogP contribution is 2.38. The molecule has 0 aromatic heterocycles. The first-order valence-electron chi connectivity index (χ1n) is 7.69. The Morgan fingerprint density at radius 3 is 2.82 bits per heavy atom. The molecule has 1 aromatic carbocycles. The monoisotopic (exact) mass is 346 g/mol. The van der Waals surface area contributed by atoms with Gasteiger partial charge < -0.3 is 15.2 Å². The molecule has 0 spiro atoms. The number of rotatable bonds is 3. The van der Waals surface area contributed by atoms with Crippen molar-refractivity contribution in [3.63, 3.8) is 0 Å². The molecule has 2 unspecified atom stereocenters. The summed E-state index contributed by atoms with van der Waals surface area (Å²) in [5.41, 5.74) is 6.97. The molecule has 6 heteroatoms. The van der Waals surface area contributed by atoms with E-state index in [9.17, 15) is 0 Å². The van der Waals surface area contributed by atoms with Gasteiger partial charge in [0.25, 0.3) is 0 Å². The number of fused-ring (bicyclic) bond motifs is 1. The molecule has 2 atom stereocenters. The molecule has 124 valence electrons. The predicted molar refractivity (Wildman–Crippen MR) is 91.3 cm³/mol. The molecular weight excluding hydrogens is 323 g/mol. The summed E-state index contributed by atoms with van der Waals surface area (Å²) < 4.78 is 11.4. The highest BCUT2D eigenvalue weighted by Gasteiger charge is 2.28. The lowest BCUT2D eigenvalue weighted by molar-refractivity contribution is 0.255. The Kier molecular flexibility index (Phi) is 6.21. The highest BCUT2D eigenvalue weighted by atomic mass is 35.5. The van der Waals surface area contributed by atoms with Gasteiger partial charge in [-0.2, -0.15) is 0 Å². The van der Waals surface area contributed by atoms with Crippen LogP contribution in [0.15, 0.2) is 12.1 Å². The molecule has 1 fully saturated rings. The normalized spacial score (nSPS) is 24.7. The topological polar surface area (TPSA) is 47.7 Å². The molecule has 0 amide bonds. The van der Waals surface area contributed by atoms with Crippen LogP contribution in [0.25, 0.3) is 0 Å². The molecule has 0 aliphatic carbocycles. The largest absolute Gasteiger partial charge is 0.489 e. The summed E-state index contributed by atoms with van der Waals surface area (Å²) in [4.78, 5) is 2.47. The first kappa shape index (κ1) is 17.7. The summed E-state index contributed by atoms with van der Waals surface area (Å²) in [7, 11) is 0. The fourth-order valence-electron chi connectivity index (χ4n) is 3.22. The van der Waals surface area contributed by atoms with Crippen LogP contribution < -0.4 is 15.2 Å². The number of halogens is 2. The van der Waals surface area contributed by atoms with E-state index >= 15 is 0 Å². The van der Waals surface area contributed by atoms with E-state index in [1.807, 2.05) is 6.07 Å². The van der Waals surface area contributed by atoms with E-state index in [4.69, 9.17) is 26.8 Å². The fourth-order valence-corrected chi connectivity index (χ4v) is 3.51. The average Bonchev–Trinajstić information content (AvgIpc) is 2.67. The lowest BCUT2D eigenvalue weighted by Gasteiger charge is -2.22. The Morgan fingerprint density at radius 1 is 1.32 bits per heavy atom. The number of nitrogens with two attached hydrogens (primary N) is 1. The van der Waals surface area contributed by atoms with E-state index in [1.165, 1.54) is 12.0 Å². The lowest BCUT2D eigenvalue weighted by atomic mass is 10.1. The molecule has 0 saturated carbocycles. The summed E-state index contributed by atoms with van der Waals surface area (Å²) in [6.07, 6.45) is 2.07. The van der Waals surface area contributed by atoms with E-state index in [0.717, 1.165) is 31.8 Å². The van der Waals surface area contributed by atoms with Crippen LogP contribution in [-0.4, -0.2) is 37.2 Å². The second kappa shape index (κ2) is 7.73. The van der Waals surface area contributed by atoms with Crippen LogP contribution in [0.4, 0.5) is 0 Å². The number of benzene rings is 1. The molecule has 2 N–H and O–H groups in total. The Labute approximate surface area is 143 Å². The van der Waals surface area contributed by atoms with Gasteiger partial charge in [-0.25, -0.2) is 0 Å². The van der Waals surface area contributed by atoms with Gasteiger partial charge in [0, 0.05) is 25.6 Å². The fraction of sp³-hybridized carbons (Fsp3) is 0.625. The maximum atomic E-state index is 6.35. The van der Waals surface area contributed by atoms with Crippen LogP contribution in [-0.2, 0) is 6.54 Å². The Morgan fingerprint density at radius 2 is 2.09 bits per heavy atom. The average molecular weight is 347 g/mol. The van der Waals surface area contributed by atoms with Gasteiger partial charge in [-0.15, -0.1) is 12.4 Å². The quantitative estimate of drug-likeness (QED) is 0.913. The highest BCUT2D eigenvalue weighted by molar-refractivity contribution is 6.32. The van der Waals surface area contributed by atoms with E-state index < -0.39 is 0 Å². The third-order valence-corrected chi connectivity index (χ3v) is 4.65. The summed E-state index contributed by atoms with van der Waals surface area (Å²) in [6.45, 7) is 6.32. The summed E-state index contributed by atoms with van der Waals surface area (Å²) in [5, 5.41) is 0.645. The third kappa shape index (κ3) is 3.80. The van der Waals surface area contributed by atoms with Crippen LogP contribution in [0.3, 0.4) is 0 Å². The maximum absolute atomic E-state index is 6.35. The predicted octanol–water partition coefficient (Wildman–Crippen LogP) is 3.09. The second-order valence-corrected chi connectivity index (χ2v) is 6.48. The standard InChI is InChI=1S/C16H23ClN2O2.ClH/c1-11-5-13(8-18)10-19(11)9-12-6-14(17)16-15(7-12)20-3-2-4-21-16;/h6-7,11,13H,2-5,8-10,18H2,1H3;1H. The van der Waals surface area contributed by atoms with Gasteiger partial charge >= 0.3 is 0 Å². The van der Waals surface area contributed by atoms with E-state index in [0.29, 0.717) is 35.9 Å². The number of hydrogen-bond acceptors (Lipinski definition) is 4. The molecule has 2 aliphatic heterocycles. The zero-order valence-corrected chi connectivity index (χ0v) is 14.5. The van der Waals surface area contributed by atoms with Gasteiger partial charge in [0.2, 0.25) is 0 Å². The van der Waals surface area contributed by atoms with Crippen molar-refractivity contribution in [1.29, 1.82) is 0 Å². The molecule has 0 radical (unpaired) electrons. The van der Waals surface area contributed by atoms with Crippen LogP contribution in [0.2, 0.25) is 5.02 Å². The number of ether oxygens (including phenoxy) is 2. The van der Waals surface area contributed by atoms with E-state index in [2.05, 4.69) is 17.9 Å². The minimum atomic E-state index is 0. The molecule has 4 nitrogen and oxygen atoms in total. The molecular formula is C16H24Cl2N2O2. The van der Waals surface area contributed by atoms with Gasteiger partial charge in [-0.05, 0) is 43.5 Å². The minimum absolute atomic E-state index is 0. The molecule has 0 bridgehead atoms. The van der Waals surface area contributed by atoms with Crippen molar-refractivity contribution in [2.45, 2.75) is 32.4 Å². The molecule has 1 aromatic rings. The summed E-state index contributed by atoms with van der Waals surface area (Å²) >= 11 is 6.35. The Hall–Kier alpha value is -0.680. The molecule has 1 saturated heterocycles. The molecule has 2 aliphatic rings. The lowest BCUT2D eigenvalue weighted by Crippen LogP contribution is -2.27. The number of likely N-dealkylation sites (tertiary alicyclic amines) is 1. The SMILES string of the molecule is CC1CC(CN)CN1Cc1cc(Cl)c2c(c1)OCCCO2.Cl. The first-order valence-corrected chi connectivity index (χ1v) is 8.07. The van der Waals surface area contributed by atoms with Crippen LogP contribution in [0.1, 0.15) is 25.3 Å². The van der Waals surface area contributed by atoms with Crippen molar-refractivity contribution < 1.29 is 9.47 Å². The van der Waals surface area contributed by atoms with Crippen molar-refractivity contribution >= 4 is 24.0 Å². The number of nitrogens with zero attached hydrogens (tertiary/aromatic N) is 1. The van der Waals surface area contributed by atoms with Crippen molar-refractivity contribution in [3.8, 4) is 11.5 Å². The molecule has 3 rings (SSSR count). The number of hydrogen-bond donors (Lipinski definition) is 1. The van der Waals surface area contributed by atoms with Gasteiger partial charge in [-0.3, -0.25) is 4.90 Å². The Balaban J connectivity index is 0.00000176. The zero-order chi connectivity index (χ0) is 14.8. The summed E-state index contributed by atoms with van der Waals surface area (Å²) in [6, 6.07) is 4.63. The smallest absolute Gasteiger partial charge is 0.179 e. The van der Waals surface area contributed by atoms with Crippen molar-refractivity contribution in [2.75, 3.05) is 26.3 Å².